The number of oxime groups is 1. The van der Waals surface area contributed by atoms with Crippen LogP contribution in [0.2, 0.25) is 0 Å². The van der Waals surface area contributed by atoms with Crippen LogP contribution in [0.3, 0.4) is 0 Å². The maximum absolute atomic E-state index is 14.3. The average Bonchev–Trinajstić information content (AvgIpc) is 3.25. The number of non-ortho nitro benzene ring substituents is 2. The summed E-state index contributed by atoms with van der Waals surface area (Å²) in [6.07, 6.45) is 11.3. The number of fused-ring (bicyclic) bond motifs is 2. The van der Waals surface area contributed by atoms with E-state index in [2.05, 4.69) is 12.7 Å². The number of amides is 1. The maximum Gasteiger partial charge on any atom is 0.273 e. The first kappa shape index (κ1) is 45.6. The number of carbonyl (C=O) groups excluding carboxylic acids is 1. The standard InChI is InChI=1S/C47H56N4O11/c1-6-26-59-47-42(49(5)43(54)23-18-31-16-19-33(20-17-31)50(55)56)30-40(48-62-46(2,3)4)38-27-32(12-7-9-24-52)37(15-8-10-25-53)44(45(38)47)39-29-36(21-22-41(39)61-47)60-35-14-11-13-34(28-35)51(57)58/h6,11,13-14,16-23,27-29,32,37,42,44-45,52-53H,1,7-10,12,15,24-26,30H2,2-5H3. The number of ether oxygens (including phenoxy) is 3. The third-order valence-corrected chi connectivity index (χ3v) is 11.7. The highest BCUT2D eigenvalue weighted by atomic mass is 16.7. The molecular weight excluding hydrogens is 797 g/mol. The molecule has 62 heavy (non-hydrogen) atoms. The molecule has 1 aliphatic heterocycles. The van der Waals surface area contributed by atoms with Crippen molar-refractivity contribution in [2.24, 2.45) is 22.9 Å². The number of hydrogen-bond acceptors (Lipinski definition) is 12. The van der Waals surface area contributed by atoms with Gasteiger partial charge in [0.05, 0.1) is 34.1 Å². The van der Waals surface area contributed by atoms with Crippen LogP contribution in [0, 0.1) is 38.0 Å². The first-order valence-electron chi connectivity index (χ1n) is 21.1. The third-order valence-electron chi connectivity index (χ3n) is 11.7. The van der Waals surface area contributed by atoms with Gasteiger partial charge in [-0.25, -0.2) is 0 Å². The van der Waals surface area contributed by atoms with Crippen LogP contribution in [0.1, 0.15) is 82.8 Å². The highest BCUT2D eigenvalue weighted by molar-refractivity contribution is 6.03. The molecule has 0 saturated heterocycles. The number of benzene rings is 3. The molecule has 3 aliphatic rings. The van der Waals surface area contributed by atoms with Gasteiger partial charge in [-0.15, -0.1) is 6.58 Å². The van der Waals surface area contributed by atoms with Crippen molar-refractivity contribution in [2.45, 2.75) is 89.1 Å². The molecule has 15 nitrogen and oxygen atoms in total. The Labute approximate surface area is 361 Å². The van der Waals surface area contributed by atoms with Crippen molar-refractivity contribution in [3.05, 3.63) is 128 Å². The van der Waals surface area contributed by atoms with Gasteiger partial charge in [-0.3, -0.25) is 25.0 Å². The quantitative estimate of drug-likeness (QED) is 0.0384. The van der Waals surface area contributed by atoms with E-state index in [1.807, 2.05) is 26.8 Å². The molecule has 0 spiro atoms. The molecular formula is C47H56N4O11. The molecule has 0 radical (unpaired) electrons. The van der Waals surface area contributed by atoms with Gasteiger partial charge in [0.15, 0.2) is 0 Å². The smallest absolute Gasteiger partial charge is 0.273 e. The van der Waals surface area contributed by atoms with Gasteiger partial charge in [-0.2, -0.15) is 0 Å². The molecule has 6 atom stereocenters. The zero-order chi connectivity index (χ0) is 44.6. The van der Waals surface area contributed by atoms with E-state index in [1.165, 1.54) is 30.3 Å². The summed E-state index contributed by atoms with van der Waals surface area (Å²) in [6.45, 7) is 9.86. The monoisotopic (exact) mass is 852 g/mol. The zero-order valence-corrected chi connectivity index (χ0v) is 35.7. The number of unbranched alkanes of at least 4 members (excludes halogenated alkanes) is 2. The molecule has 1 amide bonds. The SMILES string of the molecule is C=CCOC12Oc3ccc(Oc4cccc([N+](=O)[O-])c4)cc3C3C(CCCCO)C(CCCCO)C=C(C(=NOC(C)(C)C)CC1N(C)C(=O)C=Cc1ccc([N+](=O)[O-])cc1)C32. The highest BCUT2D eigenvalue weighted by Gasteiger charge is 2.65. The van der Waals surface area contributed by atoms with Crippen molar-refractivity contribution < 1.29 is 43.9 Å². The minimum absolute atomic E-state index is 0.00118. The topological polar surface area (TPSA) is 196 Å². The van der Waals surface area contributed by atoms with Crippen LogP contribution in [0.5, 0.6) is 17.2 Å². The Kier molecular flexibility index (Phi) is 14.6. The number of rotatable bonds is 19. The number of nitro benzene ring substituents is 2. The zero-order valence-electron chi connectivity index (χ0n) is 35.7. The third kappa shape index (κ3) is 10.2. The van der Waals surface area contributed by atoms with Crippen LogP contribution in [-0.2, 0) is 14.4 Å². The summed E-state index contributed by atoms with van der Waals surface area (Å²) < 4.78 is 20.4. The lowest BCUT2D eigenvalue weighted by molar-refractivity contribution is -0.385. The molecule has 0 bridgehead atoms. The van der Waals surface area contributed by atoms with E-state index in [0.717, 1.165) is 36.8 Å². The summed E-state index contributed by atoms with van der Waals surface area (Å²) >= 11 is 0. The summed E-state index contributed by atoms with van der Waals surface area (Å²) in [5, 5.41) is 47.5. The number of nitrogens with zero attached hydrogens (tertiary/aromatic N) is 4. The lowest BCUT2D eigenvalue weighted by Gasteiger charge is -2.59. The number of nitro groups is 2. The number of likely N-dealkylation sites (N-methyl/N-ethyl adjacent to an activating group) is 1. The maximum atomic E-state index is 14.3. The summed E-state index contributed by atoms with van der Waals surface area (Å²) in [5.74, 6) is -1.54. The van der Waals surface area contributed by atoms with E-state index in [1.54, 1.807) is 60.5 Å². The van der Waals surface area contributed by atoms with Gasteiger partial charge >= 0.3 is 0 Å². The Bertz CT molecular complexity index is 2200. The molecule has 2 N–H and O–H groups in total. The van der Waals surface area contributed by atoms with Crippen LogP contribution in [0.15, 0.2) is 102 Å². The fourth-order valence-electron chi connectivity index (χ4n) is 8.93. The largest absolute Gasteiger partial charge is 0.459 e. The lowest BCUT2D eigenvalue weighted by Crippen LogP contribution is -2.69. The Balaban J connectivity index is 1.54. The van der Waals surface area contributed by atoms with Crippen molar-refractivity contribution in [2.75, 3.05) is 26.9 Å². The fraction of sp³-hybridized carbons (Fsp3) is 0.447. The van der Waals surface area contributed by atoms with Gasteiger partial charge < -0.3 is 34.2 Å². The molecule has 3 aromatic carbocycles. The van der Waals surface area contributed by atoms with Gasteiger partial charge in [0.25, 0.3) is 11.4 Å². The van der Waals surface area contributed by atoms with Crippen molar-refractivity contribution in [1.29, 1.82) is 0 Å². The van der Waals surface area contributed by atoms with Crippen LogP contribution >= 0.6 is 0 Å². The summed E-state index contributed by atoms with van der Waals surface area (Å²) in [7, 11) is 1.69. The van der Waals surface area contributed by atoms with Crippen molar-refractivity contribution in [3.8, 4) is 17.2 Å². The first-order chi connectivity index (χ1) is 29.7. The highest BCUT2D eigenvalue weighted by Crippen LogP contribution is 2.62. The van der Waals surface area contributed by atoms with Crippen molar-refractivity contribution in [1.82, 2.24) is 4.90 Å². The molecule has 1 fully saturated rings. The number of carbonyl (C=O) groups is 1. The van der Waals surface area contributed by atoms with E-state index in [-0.39, 0.29) is 61.3 Å². The van der Waals surface area contributed by atoms with Crippen LogP contribution in [-0.4, -0.2) is 80.9 Å². The number of aliphatic hydroxyl groups excluding tert-OH is 2. The molecule has 2 aliphatic carbocycles. The van der Waals surface area contributed by atoms with Gasteiger partial charge in [0.2, 0.25) is 11.7 Å². The molecule has 330 valence electrons. The minimum Gasteiger partial charge on any atom is -0.459 e. The van der Waals surface area contributed by atoms with Gasteiger partial charge in [-0.1, -0.05) is 36.2 Å². The molecule has 1 saturated carbocycles. The Morgan fingerprint density at radius 3 is 2.32 bits per heavy atom. The molecule has 15 heteroatoms. The van der Waals surface area contributed by atoms with Crippen LogP contribution < -0.4 is 9.47 Å². The van der Waals surface area contributed by atoms with E-state index < -0.39 is 33.2 Å². The van der Waals surface area contributed by atoms with Crippen LogP contribution in [0.4, 0.5) is 11.4 Å². The molecule has 1 heterocycles. The van der Waals surface area contributed by atoms with Gasteiger partial charge in [-0.05, 0) is 112 Å². The Morgan fingerprint density at radius 2 is 1.66 bits per heavy atom. The van der Waals surface area contributed by atoms with Crippen LogP contribution in [0.25, 0.3) is 6.08 Å². The van der Waals surface area contributed by atoms with E-state index in [9.17, 15) is 35.2 Å². The number of aliphatic hydroxyl groups is 2. The average molecular weight is 853 g/mol. The lowest BCUT2D eigenvalue weighted by atomic mass is 9.55. The Morgan fingerprint density at radius 1 is 0.968 bits per heavy atom. The number of hydrogen-bond donors (Lipinski definition) is 2. The van der Waals surface area contributed by atoms with Gasteiger partial charge in [0.1, 0.15) is 28.9 Å². The second-order valence-corrected chi connectivity index (χ2v) is 17.0. The summed E-state index contributed by atoms with van der Waals surface area (Å²) in [6, 6.07) is 16.6. The van der Waals surface area contributed by atoms with E-state index in [0.29, 0.717) is 41.4 Å². The fourth-order valence-corrected chi connectivity index (χ4v) is 8.93. The summed E-state index contributed by atoms with van der Waals surface area (Å²) in [4.78, 5) is 44.0. The van der Waals surface area contributed by atoms with Crippen molar-refractivity contribution in [3.63, 3.8) is 0 Å². The van der Waals surface area contributed by atoms with Gasteiger partial charge in [0, 0.05) is 62.4 Å². The summed E-state index contributed by atoms with van der Waals surface area (Å²) in [5.41, 5.74) is 2.10. The normalized spacial score (nSPS) is 23.4. The second-order valence-electron chi connectivity index (χ2n) is 17.0. The Hall–Kier alpha value is -5.90. The predicted molar refractivity (Wildman–Crippen MR) is 234 cm³/mol. The minimum atomic E-state index is -1.49. The van der Waals surface area contributed by atoms with E-state index in [4.69, 9.17) is 24.2 Å². The molecule has 6 unspecified atom stereocenters. The number of allylic oxidation sites excluding steroid dienone is 1. The first-order valence-corrected chi connectivity index (χ1v) is 21.1. The van der Waals surface area contributed by atoms with E-state index >= 15 is 0 Å². The second kappa shape index (κ2) is 19.9. The predicted octanol–water partition coefficient (Wildman–Crippen LogP) is 8.90. The molecule has 6 rings (SSSR count). The molecule has 0 aromatic heterocycles. The van der Waals surface area contributed by atoms with Crippen molar-refractivity contribution >= 4 is 29.1 Å². The molecule has 3 aromatic rings.